The van der Waals surface area contributed by atoms with Gasteiger partial charge in [-0.05, 0) is 50.5 Å². The highest BCUT2D eigenvalue weighted by atomic mass is 16.5. The normalized spacial score (nSPS) is 14.3. The number of methoxy groups -OCH3 is 1. The Morgan fingerprint density at radius 1 is 1.38 bits per heavy atom. The summed E-state index contributed by atoms with van der Waals surface area (Å²) in [6.45, 7) is 7.87. The molecule has 114 valence electrons. The first-order valence-electron chi connectivity index (χ1n) is 7.07. The van der Waals surface area contributed by atoms with E-state index in [1.54, 1.807) is 11.7 Å². The van der Waals surface area contributed by atoms with Gasteiger partial charge in [-0.25, -0.2) is 4.98 Å². The number of hydrogen-bond acceptors (Lipinski definition) is 3. The lowest BCUT2D eigenvalue weighted by Gasteiger charge is -2.26. The van der Waals surface area contributed by atoms with Crippen LogP contribution in [0.1, 0.15) is 37.2 Å². The number of ether oxygens (including phenoxy) is 1. The van der Waals surface area contributed by atoms with Gasteiger partial charge in [0.05, 0.1) is 11.0 Å². The second-order valence-electron chi connectivity index (χ2n) is 5.63. The van der Waals surface area contributed by atoms with Crippen molar-refractivity contribution in [3.8, 4) is 0 Å². The summed E-state index contributed by atoms with van der Waals surface area (Å²) in [4.78, 5) is 15.9. The largest absolute Gasteiger partial charge is 0.480 e. The highest BCUT2D eigenvalue weighted by Crippen LogP contribution is 2.31. The Hall–Kier alpha value is -1.88. The monoisotopic (exact) mass is 290 g/mol. The lowest BCUT2D eigenvalue weighted by atomic mass is 10.0. The fourth-order valence-corrected chi connectivity index (χ4v) is 2.47. The molecule has 0 aliphatic rings. The van der Waals surface area contributed by atoms with E-state index >= 15 is 0 Å². The van der Waals surface area contributed by atoms with Crippen molar-refractivity contribution in [3.63, 3.8) is 0 Å². The second kappa shape index (κ2) is 5.48. The molecule has 0 fully saturated rings. The average molecular weight is 290 g/mol. The van der Waals surface area contributed by atoms with Crippen molar-refractivity contribution in [2.45, 2.75) is 46.3 Å². The van der Waals surface area contributed by atoms with Gasteiger partial charge in [0.1, 0.15) is 18.0 Å². The number of imidazole rings is 1. The van der Waals surface area contributed by atoms with E-state index in [1.165, 1.54) is 0 Å². The average Bonchev–Trinajstić information content (AvgIpc) is 2.77. The standard InChI is InChI=1S/C16H22N2O3/c1-6-16(4,21-5)15-17-12-7-10(2)11(3)8-13(12)18(15)9-14(19)20/h7-8H,6,9H2,1-5H3,(H,19,20). The molecule has 0 saturated heterocycles. The lowest BCUT2D eigenvalue weighted by Crippen LogP contribution is -2.29. The summed E-state index contributed by atoms with van der Waals surface area (Å²) in [5.41, 5.74) is 3.31. The van der Waals surface area contributed by atoms with Gasteiger partial charge in [-0.1, -0.05) is 6.92 Å². The van der Waals surface area contributed by atoms with Crippen molar-refractivity contribution in [3.05, 3.63) is 29.1 Å². The number of aryl methyl sites for hydroxylation is 2. The number of carboxylic acid groups (broad SMARTS) is 1. The third-order valence-corrected chi connectivity index (χ3v) is 4.26. The van der Waals surface area contributed by atoms with E-state index in [0.717, 1.165) is 22.2 Å². The first kappa shape index (κ1) is 15.5. The summed E-state index contributed by atoms with van der Waals surface area (Å²) in [7, 11) is 1.63. The topological polar surface area (TPSA) is 64.4 Å². The molecule has 2 aromatic rings. The van der Waals surface area contributed by atoms with Crippen molar-refractivity contribution in [2.75, 3.05) is 7.11 Å². The van der Waals surface area contributed by atoms with E-state index in [4.69, 9.17) is 4.74 Å². The van der Waals surface area contributed by atoms with E-state index in [-0.39, 0.29) is 6.54 Å². The third-order valence-electron chi connectivity index (χ3n) is 4.26. The molecule has 2 rings (SSSR count). The zero-order valence-electron chi connectivity index (χ0n) is 13.2. The molecule has 21 heavy (non-hydrogen) atoms. The van der Waals surface area contributed by atoms with Crippen LogP contribution in [-0.4, -0.2) is 27.7 Å². The highest BCUT2D eigenvalue weighted by Gasteiger charge is 2.31. The zero-order chi connectivity index (χ0) is 15.8. The Morgan fingerprint density at radius 2 is 2.00 bits per heavy atom. The molecule has 1 aromatic heterocycles. The Bertz CT molecular complexity index is 684. The highest BCUT2D eigenvalue weighted by molar-refractivity contribution is 5.80. The minimum atomic E-state index is -0.886. The Morgan fingerprint density at radius 3 is 2.52 bits per heavy atom. The zero-order valence-corrected chi connectivity index (χ0v) is 13.2. The van der Waals surface area contributed by atoms with Crippen LogP contribution >= 0.6 is 0 Å². The molecule has 5 nitrogen and oxygen atoms in total. The summed E-state index contributed by atoms with van der Waals surface area (Å²) in [5.74, 6) is -0.224. The van der Waals surface area contributed by atoms with E-state index in [1.807, 2.05) is 39.8 Å². The molecule has 1 unspecified atom stereocenters. The van der Waals surface area contributed by atoms with Crippen molar-refractivity contribution in [1.29, 1.82) is 0 Å². The van der Waals surface area contributed by atoms with Crippen molar-refractivity contribution >= 4 is 17.0 Å². The van der Waals surface area contributed by atoms with Crippen LogP contribution in [0.15, 0.2) is 12.1 Å². The van der Waals surface area contributed by atoms with Crippen LogP contribution in [0.5, 0.6) is 0 Å². The molecule has 0 aliphatic carbocycles. The van der Waals surface area contributed by atoms with Gasteiger partial charge in [-0.15, -0.1) is 0 Å². The maximum Gasteiger partial charge on any atom is 0.323 e. The summed E-state index contributed by atoms with van der Waals surface area (Å²) in [5, 5.41) is 9.21. The summed E-state index contributed by atoms with van der Waals surface area (Å²) < 4.78 is 7.36. The molecule has 0 spiro atoms. The number of fused-ring (bicyclic) bond motifs is 1. The molecule has 0 amide bonds. The van der Waals surface area contributed by atoms with E-state index in [0.29, 0.717) is 12.2 Å². The van der Waals surface area contributed by atoms with Crippen LogP contribution in [0.2, 0.25) is 0 Å². The van der Waals surface area contributed by atoms with Gasteiger partial charge in [0.25, 0.3) is 0 Å². The van der Waals surface area contributed by atoms with Gasteiger partial charge in [0.2, 0.25) is 0 Å². The number of rotatable bonds is 5. The Kier molecular flexibility index (Phi) is 4.05. The molecule has 1 N–H and O–H groups in total. The predicted molar refractivity (Wildman–Crippen MR) is 81.5 cm³/mol. The van der Waals surface area contributed by atoms with Crippen LogP contribution in [-0.2, 0) is 21.7 Å². The molecule has 1 aromatic carbocycles. The smallest absolute Gasteiger partial charge is 0.323 e. The number of aromatic nitrogens is 2. The summed E-state index contributed by atoms with van der Waals surface area (Å²) >= 11 is 0. The number of nitrogens with zero attached hydrogens (tertiary/aromatic N) is 2. The first-order chi connectivity index (χ1) is 9.82. The molecule has 0 aliphatic heterocycles. The summed E-state index contributed by atoms with van der Waals surface area (Å²) in [6, 6.07) is 3.99. The van der Waals surface area contributed by atoms with E-state index in [9.17, 15) is 9.90 Å². The minimum absolute atomic E-state index is 0.118. The summed E-state index contributed by atoms with van der Waals surface area (Å²) in [6.07, 6.45) is 0.713. The van der Waals surface area contributed by atoms with Gasteiger partial charge < -0.3 is 14.4 Å². The van der Waals surface area contributed by atoms with Gasteiger partial charge >= 0.3 is 5.97 Å². The van der Waals surface area contributed by atoms with Crippen molar-refractivity contribution in [2.24, 2.45) is 0 Å². The van der Waals surface area contributed by atoms with Crippen molar-refractivity contribution < 1.29 is 14.6 Å². The van der Waals surface area contributed by atoms with Gasteiger partial charge in [0.15, 0.2) is 0 Å². The Balaban J connectivity index is 2.77. The van der Waals surface area contributed by atoms with Crippen LogP contribution in [0.25, 0.3) is 11.0 Å². The quantitative estimate of drug-likeness (QED) is 0.919. The van der Waals surface area contributed by atoms with Crippen LogP contribution in [0, 0.1) is 13.8 Å². The molecule has 1 atom stereocenters. The van der Waals surface area contributed by atoms with Gasteiger partial charge in [0, 0.05) is 7.11 Å². The third kappa shape index (κ3) is 2.65. The molecular formula is C16H22N2O3. The maximum absolute atomic E-state index is 11.2. The first-order valence-corrected chi connectivity index (χ1v) is 7.07. The maximum atomic E-state index is 11.2. The van der Waals surface area contributed by atoms with Crippen molar-refractivity contribution in [1.82, 2.24) is 9.55 Å². The van der Waals surface area contributed by atoms with E-state index in [2.05, 4.69) is 4.98 Å². The molecule has 0 saturated carbocycles. The fraction of sp³-hybridized carbons (Fsp3) is 0.500. The number of hydrogen-bond donors (Lipinski definition) is 1. The number of carbonyl (C=O) groups is 1. The van der Waals surface area contributed by atoms with Crippen LogP contribution < -0.4 is 0 Å². The van der Waals surface area contributed by atoms with Crippen LogP contribution in [0.3, 0.4) is 0 Å². The SMILES string of the molecule is CCC(C)(OC)c1nc2cc(C)c(C)cc2n1CC(=O)O. The number of aliphatic carboxylic acids is 1. The fourth-order valence-electron chi connectivity index (χ4n) is 2.47. The minimum Gasteiger partial charge on any atom is -0.480 e. The second-order valence-corrected chi connectivity index (χ2v) is 5.63. The predicted octanol–water partition coefficient (Wildman–Crippen LogP) is 3.01. The Labute approximate surface area is 124 Å². The van der Waals surface area contributed by atoms with E-state index < -0.39 is 11.6 Å². The molecular weight excluding hydrogens is 268 g/mol. The van der Waals surface area contributed by atoms with Crippen LogP contribution in [0.4, 0.5) is 0 Å². The molecule has 1 heterocycles. The number of carboxylic acids is 1. The molecule has 0 radical (unpaired) electrons. The van der Waals surface area contributed by atoms with Gasteiger partial charge in [-0.2, -0.15) is 0 Å². The molecule has 5 heteroatoms. The molecule has 0 bridgehead atoms. The van der Waals surface area contributed by atoms with Gasteiger partial charge in [-0.3, -0.25) is 4.79 Å². The lowest BCUT2D eigenvalue weighted by molar-refractivity contribution is -0.137. The number of benzene rings is 1.